The average Bonchev–Trinajstić information content (AvgIpc) is 3.36. The smallest absolute Gasteiger partial charge is 0.251 e. The molecule has 0 spiro atoms. The second-order valence-corrected chi connectivity index (χ2v) is 8.06. The molecule has 4 rings (SSSR count). The van der Waals surface area contributed by atoms with Crippen molar-refractivity contribution in [2.75, 3.05) is 6.54 Å². The molecule has 1 fully saturated rings. The molecule has 2 aliphatic rings. The Kier molecular flexibility index (Phi) is 3.47. The number of fused-ring (bicyclic) bond motifs is 1. The number of hydrogen-bond donors (Lipinski definition) is 2. The van der Waals surface area contributed by atoms with E-state index in [0.29, 0.717) is 12.1 Å². The quantitative estimate of drug-likeness (QED) is 0.892. The number of hydrogen-bond acceptors (Lipinski definition) is 3. The Labute approximate surface area is 141 Å². The first-order valence-electron chi connectivity index (χ1n) is 8.01. The van der Waals surface area contributed by atoms with Crippen LogP contribution < -0.4 is 10.0 Å². The summed E-state index contributed by atoms with van der Waals surface area (Å²) >= 11 is 0. The summed E-state index contributed by atoms with van der Waals surface area (Å²) < 4.78 is 28.5. The molecule has 0 saturated heterocycles. The largest absolute Gasteiger partial charge is 0.352 e. The van der Waals surface area contributed by atoms with Gasteiger partial charge >= 0.3 is 0 Å². The maximum absolute atomic E-state index is 12.8. The van der Waals surface area contributed by atoms with E-state index >= 15 is 0 Å². The van der Waals surface area contributed by atoms with Crippen LogP contribution in [0, 0.1) is 0 Å². The van der Waals surface area contributed by atoms with Crippen LogP contribution in [0.5, 0.6) is 0 Å². The molecule has 124 valence electrons. The lowest BCUT2D eigenvalue weighted by atomic mass is 10.0. The topological polar surface area (TPSA) is 75.3 Å². The van der Waals surface area contributed by atoms with Gasteiger partial charge in [0.05, 0.1) is 10.4 Å². The molecule has 1 saturated carbocycles. The van der Waals surface area contributed by atoms with Crippen molar-refractivity contribution in [3.8, 4) is 0 Å². The second-order valence-electron chi connectivity index (χ2n) is 6.38. The molecule has 0 bridgehead atoms. The molecule has 2 aromatic rings. The van der Waals surface area contributed by atoms with Gasteiger partial charge in [-0.15, -0.1) is 0 Å². The number of carbonyl (C=O) groups is 1. The third-order valence-corrected chi connectivity index (χ3v) is 6.26. The van der Waals surface area contributed by atoms with Gasteiger partial charge in [0.1, 0.15) is 0 Å². The molecular weight excluding hydrogens is 324 g/mol. The van der Waals surface area contributed by atoms with Crippen molar-refractivity contribution in [2.45, 2.75) is 29.7 Å². The first-order valence-corrected chi connectivity index (χ1v) is 9.49. The first-order chi connectivity index (χ1) is 11.5. The van der Waals surface area contributed by atoms with E-state index < -0.39 is 15.6 Å². The summed E-state index contributed by atoms with van der Waals surface area (Å²) in [6.07, 6.45) is 2.28. The summed E-state index contributed by atoms with van der Waals surface area (Å²) in [7, 11) is -3.69. The lowest BCUT2D eigenvalue weighted by molar-refractivity contribution is 0.0945. The van der Waals surface area contributed by atoms with Crippen molar-refractivity contribution in [3.63, 3.8) is 0 Å². The van der Waals surface area contributed by atoms with E-state index in [9.17, 15) is 13.2 Å². The minimum Gasteiger partial charge on any atom is -0.352 e. The Hall–Kier alpha value is -2.18. The van der Waals surface area contributed by atoms with Crippen LogP contribution in [-0.4, -0.2) is 20.9 Å². The van der Waals surface area contributed by atoms with Gasteiger partial charge < -0.3 is 5.32 Å². The zero-order valence-electron chi connectivity index (χ0n) is 13.1. The van der Waals surface area contributed by atoms with E-state index in [4.69, 9.17) is 0 Å². The van der Waals surface area contributed by atoms with Crippen LogP contribution in [0.4, 0.5) is 0 Å². The normalized spacial score (nSPS) is 18.6. The van der Waals surface area contributed by atoms with Gasteiger partial charge in [-0.25, -0.2) is 13.1 Å². The van der Waals surface area contributed by atoms with Crippen molar-refractivity contribution in [1.82, 2.24) is 10.0 Å². The third-order valence-electron chi connectivity index (χ3n) is 4.72. The van der Waals surface area contributed by atoms with Crippen molar-refractivity contribution in [1.29, 1.82) is 0 Å². The van der Waals surface area contributed by atoms with Crippen LogP contribution in [0.15, 0.2) is 53.4 Å². The highest BCUT2D eigenvalue weighted by atomic mass is 32.2. The van der Waals surface area contributed by atoms with Crippen LogP contribution in [0.2, 0.25) is 0 Å². The molecule has 1 aliphatic heterocycles. The van der Waals surface area contributed by atoms with Crippen molar-refractivity contribution in [3.05, 3.63) is 65.2 Å². The van der Waals surface area contributed by atoms with E-state index in [1.165, 1.54) is 6.07 Å². The predicted molar refractivity (Wildman–Crippen MR) is 90.2 cm³/mol. The Balaban J connectivity index is 1.67. The lowest BCUT2D eigenvalue weighted by Crippen LogP contribution is -2.36. The molecule has 2 aromatic carbocycles. The number of amides is 1. The van der Waals surface area contributed by atoms with Crippen LogP contribution in [0.3, 0.4) is 0 Å². The van der Waals surface area contributed by atoms with E-state index in [1.807, 2.05) is 30.3 Å². The first kappa shape index (κ1) is 15.4. The SMILES string of the molecule is O=C1NCCc2ccc(S(=O)(=O)NC3(c4ccccc4)CC3)cc21. The van der Waals surface area contributed by atoms with E-state index in [0.717, 1.165) is 30.4 Å². The fourth-order valence-electron chi connectivity index (χ4n) is 3.21. The predicted octanol–water partition coefficient (Wildman–Crippen LogP) is 1.94. The highest BCUT2D eigenvalue weighted by molar-refractivity contribution is 7.89. The molecular formula is C18H18N2O3S. The van der Waals surface area contributed by atoms with Gasteiger partial charge in [0.15, 0.2) is 0 Å². The minimum absolute atomic E-state index is 0.139. The van der Waals surface area contributed by atoms with Crippen LogP contribution in [-0.2, 0) is 22.0 Å². The number of nitrogens with one attached hydrogen (secondary N) is 2. The van der Waals surface area contributed by atoms with Gasteiger partial charge in [0.2, 0.25) is 10.0 Å². The maximum atomic E-state index is 12.8. The molecule has 1 amide bonds. The molecule has 1 aliphatic carbocycles. The summed E-state index contributed by atoms with van der Waals surface area (Å²) in [5, 5.41) is 2.75. The Bertz CT molecular complexity index is 903. The Morgan fingerprint density at radius 2 is 1.79 bits per heavy atom. The zero-order valence-corrected chi connectivity index (χ0v) is 13.9. The van der Waals surface area contributed by atoms with Gasteiger partial charge in [0.25, 0.3) is 5.91 Å². The number of rotatable bonds is 4. The van der Waals surface area contributed by atoms with Gasteiger partial charge in [-0.1, -0.05) is 36.4 Å². The highest BCUT2D eigenvalue weighted by Crippen LogP contribution is 2.46. The molecule has 1 heterocycles. The molecule has 0 unspecified atom stereocenters. The van der Waals surface area contributed by atoms with Crippen molar-refractivity contribution in [2.24, 2.45) is 0 Å². The van der Waals surface area contributed by atoms with Gasteiger partial charge in [-0.2, -0.15) is 0 Å². The fourth-order valence-corrected chi connectivity index (χ4v) is 4.68. The molecule has 0 atom stereocenters. The molecule has 0 aromatic heterocycles. The van der Waals surface area contributed by atoms with Crippen molar-refractivity contribution < 1.29 is 13.2 Å². The zero-order chi connectivity index (χ0) is 16.8. The summed E-state index contributed by atoms with van der Waals surface area (Å²) in [6, 6.07) is 14.4. The summed E-state index contributed by atoms with van der Waals surface area (Å²) in [5.41, 5.74) is 1.80. The number of carbonyl (C=O) groups excluding carboxylic acids is 1. The van der Waals surface area contributed by atoms with E-state index in [1.54, 1.807) is 12.1 Å². The van der Waals surface area contributed by atoms with Crippen LogP contribution >= 0.6 is 0 Å². The highest BCUT2D eigenvalue weighted by Gasteiger charge is 2.47. The third kappa shape index (κ3) is 2.61. The van der Waals surface area contributed by atoms with Gasteiger partial charge in [-0.05, 0) is 42.5 Å². The lowest BCUT2D eigenvalue weighted by Gasteiger charge is -2.20. The fraction of sp³-hybridized carbons (Fsp3) is 0.278. The number of sulfonamides is 1. The second kappa shape index (κ2) is 5.43. The average molecular weight is 342 g/mol. The molecule has 0 radical (unpaired) electrons. The Morgan fingerprint density at radius 3 is 2.50 bits per heavy atom. The van der Waals surface area contributed by atoms with Crippen molar-refractivity contribution >= 4 is 15.9 Å². The maximum Gasteiger partial charge on any atom is 0.251 e. The summed E-state index contributed by atoms with van der Waals surface area (Å²) in [4.78, 5) is 12.1. The number of benzene rings is 2. The van der Waals surface area contributed by atoms with Crippen LogP contribution in [0.25, 0.3) is 0 Å². The summed E-state index contributed by atoms with van der Waals surface area (Å²) in [5.74, 6) is -0.211. The molecule has 24 heavy (non-hydrogen) atoms. The Morgan fingerprint density at radius 1 is 1.04 bits per heavy atom. The summed E-state index contributed by atoms with van der Waals surface area (Å²) in [6.45, 7) is 0.591. The van der Waals surface area contributed by atoms with E-state index in [2.05, 4.69) is 10.0 Å². The molecule has 6 heteroatoms. The van der Waals surface area contributed by atoms with E-state index in [-0.39, 0.29) is 10.8 Å². The molecule has 5 nitrogen and oxygen atoms in total. The van der Waals surface area contributed by atoms with Gasteiger partial charge in [-0.3, -0.25) is 4.79 Å². The minimum atomic E-state index is -3.69. The standard InChI is InChI=1S/C18H18N2O3S/c21-17-16-12-15(7-6-13(16)8-11-19-17)24(22,23)20-18(9-10-18)14-4-2-1-3-5-14/h1-7,12,20H,8-11H2,(H,19,21). The van der Waals surface area contributed by atoms with Gasteiger partial charge in [0, 0.05) is 12.1 Å². The molecule has 2 N–H and O–H groups in total. The van der Waals surface area contributed by atoms with Crippen LogP contribution in [0.1, 0.15) is 34.3 Å². The monoisotopic (exact) mass is 342 g/mol.